The topological polar surface area (TPSA) is 15.3 Å². The summed E-state index contributed by atoms with van der Waals surface area (Å²) < 4.78 is 13.2. The predicted octanol–water partition coefficient (Wildman–Crippen LogP) is 2.32. The van der Waals surface area contributed by atoms with Gasteiger partial charge in [0.05, 0.1) is 0 Å². The lowest BCUT2D eigenvalue weighted by atomic mass is 10.1. The van der Waals surface area contributed by atoms with Crippen LogP contribution in [-0.2, 0) is 0 Å². The Morgan fingerprint density at radius 2 is 1.88 bits per heavy atom. The van der Waals surface area contributed by atoms with E-state index in [1.54, 1.807) is 6.07 Å². The summed E-state index contributed by atoms with van der Waals surface area (Å²) in [5.74, 6) is -0.125. The van der Waals surface area contributed by atoms with Gasteiger partial charge in [-0.25, -0.2) is 4.39 Å². The maximum atomic E-state index is 13.2. The van der Waals surface area contributed by atoms with E-state index in [0.29, 0.717) is 12.1 Å². The molecule has 1 aliphatic heterocycles. The average molecular weight is 222 g/mol. The molecule has 0 radical (unpaired) electrons. The van der Waals surface area contributed by atoms with E-state index in [2.05, 4.69) is 24.1 Å². The first-order valence-corrected chi connectivity index (χ1v) is 5.83. The predicted molar refractivity (Wildman–Crippen MR) is 65.4 cm³/mol. The third-order valence-electron chi connectivity index (χ3n) is 3.06. The molecule has 0 aromatic heterocycles. The third-order valence-corrected chi connectivity index (χ3v) is 3.06. The molecule has 0 amide bonds. The molecular formula is C13H19FN2. The van der Waals surface area contributed by atoms with Crippen LogP contribution in [0.25, 0.3) is 0 Å². The molecule has 0 bridgehead atoms. The van der Waals surface area contributed by atoms with E-state index in [1.807, 2.05) is 19.1 Å². The van der Waals surface area contributed by atoms with Crippen molar-refractivity contribution in [3.05, 3.63) is 29.6 Å². The zero-order chi connectivity index (χ0) is 11.7. The second kappa shape index (κ2) is 4.42. The van der Waals surface area contributed by atoms with Crippen molar-refractivity contribution >= 4 is 5.69 Å². The van der Waals surface area contributed by atoms with Crippen molar-refractivity contribution in [1.29, 1.82) is 0 Å². The fraction of sp³-hybridized carbons (Fsp3) is 0.538. The summed E-state index contributed by atoms with van der Waals surface area (Å²) in [6.45, 7) is 8.14. The smallest absolute Gasteiger partial charge is 0.126 e. The zero-order valence-corrected chi connectivity index (χ0v) is 10.1. The normalized spacial score (nSPS) is 25.9. The van der Waals surface area contributed by atoms with E-state index in [-0.39, 0.29) is 5.82 Å². The van der Waals surface area contributed by atoms with Gasteiger partial charge in [-0.2, -0.15) is 0 Å². The van der Waals surface area contributed by atoms with E-state index in [1.165, 1.54) is 0 Å². The summed E-state index contributed by atoms with van der Waals surface area (Å²) in [7, 11) is 0. The van der Waals surface area contributed by atoms with Gasteiger partial charge in [-0.05, 0) is 44.5 Å². The molecule has 2 nitrogen and oxygen atoms in total. The van der Waals surface area contributed by atoms with Crippen LogP contribution in [0.15, 0.2) is 18.2 Å². The van der Waals surface area contributed by atoms with Crippen LogP contribution in [0.4, 0.5) is 10.1 Å². The van der Waals surface area contributed by atoms with E-state index in [0.717, 1.165) is 24.3 Å². The maximum Gasteiger partial charge on any atom is 0.126 e. The van der Waals surface area contributed by atoms with Crippen LogP contribution in [-0.4, -0.2) is 25.2 Å². The number of benzene rings is 1. The Labute approximate surface area is 96.5 Å². The molecule has 1 fully saturated rings. The minimum Gasteiger partial charge on any atom is -0.368 e. The van der Waals surface area contributed by atoms with Gasteiger partial charge in [0.1, 0.15) is 5.82 Å². The van der Waals surface area contributed by atoms with Gasteiger partial charge in [0.25, 0.3) is 0 Å². The standard InChI is InChI=1S/C13H19FN2/c1-9-6-12(4-5-13(9)14)16-7-10(2)15-11(3)8-16/h4-6,10-11,15H,7-8H2,1-3H3/t10-,11+. The largest absolute Gasteiger partial charge is 0.368 e. The molecule has 1 aliphatic rings. The second-order valence-corrected chi connectivity index (χ2v) is 4.81. The van der Waals surface area contributed by atoms with Crippen LogP contribution in [0.3, 0.4) is 0 Å². The Hall–Kier alpha value is -1.09. The lowest BCUT2D eigenvalue weighted by molar-refractivity contribution is 0.407. The number of nitrogens with zero attached hydrogens (tertiary/aromatic N) is 1. The average Bonchev–Trinajstić information content (AvgIpc) is 2.20. The van der Waals surface area contributed by atoms with Crippen LogP contribution in [0.5, 0.6) is 0 Å². The fourth-order valence-corrected chi connectivity index (χ4v) is 2.36. The zero-order valence-electron chi connectivity index (χ0n) is 10.1. The SMILES string of the molecule is Cc1cc(N2C[C@@H](C)N[C@@H](C)C2)ccc1F. The number of hydrogen-bond donors (Lipinski definition) is 1. The quantitative estimate of drug-likeness (QED) is 0.784. The molecule has 2 atom stereocenters. The summed E-state index contributed by atoms with van der Waals surface area (Å²) in [6, 6.07) is 6.32. The monoisotopic (exact) mass is 222 g/mol. The maximum absolute atomic E-state index is 13.2. The van der Waals surface area contributed by atoms with Gasteiger partial charge in [-0.3, -0.25) is 0 Å². The first kappa shape index (κ1) is 11.4. The number of anilines is 1. The van der Waals surface area contributed by atoms with Gasteiger partial charge in [-0.1, -0.05) is 0 Å². The molecule has 16 heavy (non-hydrogen) atoms. The molecule has 2 rings (SSSR count). The molecular weight excluding hydrogens is 203 g/mol. The van der Waals surface area contributed by atoms with Gasteiger partial charge in [0.15, 0.2) is 0 Å². The molecule has 1 aromatic carbocycles. The lowest BCUT2D eigenvalue weighted by Crippen LogP contribution is -2.54. The van der Waals surface area contributed by atoms with Gasteiger partial charge in [0, 0.05) is 30.9 Å². The molecule has 0 aliphatic carbocycles. The van der Waals surface area contributed by atoms with E-state index >= 15 is 0 Å². The third kappa shape index (κ3) is 2.35. The summed E-state index contributed by atoms with van der Waals surface area (Å²) in [5, 5.41) is 3.49. The highest BCUT2D eigenvalue weighted by atomic mass is 19.1. The Bertz CT molecular complexity index is 368. The van der Waals surface area contributed by atoms with Crippen molar-refractivity contribution in [2.24, 2.45) is 0 Å². The van der Waals surface area contributed by atoms with Gasteiger partial charge < -0.3 is 10.2 Å². The summed E-state index contributed by atoms with van der Waals surface area (Å²) in [6.07, 6.45) is 0. The Balaban J connectivity index is 2.19. The van der Waals surface area contributed by atoms with Crippen LogP contribution in [0, 0.1) is 12.7 Å². The molecule has 0 spiro atoms. The number of halogens is 1. The van der Waals surface area contributed by atoms with Crippen LogP contribution < -0.4 is 10.2 Å². The highest BCUT2D eigenvalue weighted by molar-refractivity contribution is 5.49. The van der Waals surface area contributed by atoms with Gasteiger partial charge in [0.2, 0.25) is 0 Å². The molecule has 88 valence electrons. The molecule has 3 heteroatoms. The van der Waals surface area contributed by atoms with E-state index in [4.69, 9.17) is 0 Å². The highest BCUT2D eigenvalue weighted by Gasteiger charge is 2.21. The molecule has 1 N–H and O–H groups in total. The first-order chi connectivity index (χ1) is 7.56. The Morgan fingerprint density at radius 1 is 1.25 bits per heavy atom. The number of rotatable bonds is 1. The fourth-order valence-electron chi connectivity index (χ4n) is 2.36. The van der Waals surface area contributed by atoms with Crippen molar-refractivity contribution < 1.29 is 4.39 Å². The molecule has 1 heterocycles. The number of hydrogen-bond acceptors (Lipinski definition) is 2. The van der Waals surface area contributed by atoms with Gasteiger partial charge >= 0.3 is 0 Å². The van der Waals surface area contributed by atoms with E-state index < -0.39 is 0 Å². The second-order valence-electron chi connectivity index (χ2n) is 4.81. The summed E-state index contributed by atoms with van der Waals surface area (Å²) in [4.78, 5) is 2.32. The first-order valence-electron chi connectivity index (χ1n) is 5.83. The number of piperazine rings is 1. The highest BCUT2D eigenvalue weighted by Crippen LogP contribution is 2.20. The van der Waals surface area contributed by atoms with Crippen molar-refractivity contribution in [3.63, 3.8) is 0 Å². The van der Waals surface area contributed by atoms with Crippen LogP contribution in [0.1, 0.15) is 19.4 Å². The molecule has 1 saturated heterocycles. The minimum absolute atomic E-state index is 0.125. The van der Waals surface area contributed by atoms with Crippen molar-refractivity contribution in [3.8, 4) is 0 Å². The lowest BCUT2D eigenvalue weighted by Gasteiger charge is -2.37. The Morgan fingerprint density at radius 3 is 2.44 bits per heavy atom. The van der Waals surface area contributed by atoms with Crippen LogP contribution in [0.2, 0.25) is 0 Å². The summed E-state index contributed by atoms with van der Waals surface area (Å²) >= 11 is 0. The van der Waals surface area contributed by atoms with Crippen molar-refractivity contribution in [2.45, 2.75) is 32.9 Å². The van der Waals surface area contributed by atoms with Gasteiger partial charge in [-0.15, -0.1) is 0 Å². The van der Waals surface area contributed by atoms with E-state index in [9.17, 15) is 4.39 Å². The molecule has 1 aromatic rings. The Kier molecular flexibility index (Phi) is 3.15. The van der Waals surface area contributed by atoms with Crippen molar-refractivity contribution in [2.75, 3.05) is 18.0 Å². The van der Waals surface area contributed by atoms with Crippen molar-refractivity contribution in [1.82, 2.24) is 5.32 Å². The minimum atomic E-state index is -0.125. The number of nitrogens with one attached hydrogen (secondary N) is 1. The van der Waals surface area contributed by atoms with Crippen LogP contribution >= 0.6 is 0 Å². The summed E-state index contributed by atoms with van der Waals surface area (Å²) in [5.41, 5.74) is 1.84. The molecule has 0 saturated carbocycles. The number of aryl methyl sites for hydroxylation is 1. The molecule has 0 unspecified atom stereocenters.